The molecule has 5 nitrogen and oxygen atoms in total. The van der Waals surface area contributed by atoms with Crippen LogP contribution in [0.2, 0.25) is 0 Å². The van der Waals surface area contributed by atoms with Crippen molar-refractivity contribution in [2.45, 2.75) is 70.9 Å². The highest BCUT2D eigenvalue weighted by molar-refractivity contribution is 4.98. The molecule has 1 saturated heterocycles. The molecular formula is C15H27N5. The minimum absolute atomic E-state index is 0.380. The zero-order valence-corrected chi connectivity index (χ0v) is 12.8. The summed E-state index contributed by atoms with van der Waals surface area (Å²) in [4.78, 5) is 2.60. The summed E-state index contributed by atoms with van der Waals surface area (Å²) in [5.41, 5.74) is 0. The number of nitrogens with zero attached hydrogens (tertiary/aromatic N) is 5. The van der Waals surface area contributed by atoms with Gasteiger partial charge in [0.2, 0.25) is 0 Å². The molecule has 5 heteroatoms. The van der Waals surface area contributed by atoms with E-state index in [0.29, 0.717) is 18.0 Å². The molecule has 0 amide bonds. The highest BCUT2D eigenvalue weighted by atomic mass is 15.6. The van der Waals surface area contributed by atoms with E-state index < -0.39 is 0 Å². The number of hydrogen-bond acceptors (Lipinski definition) is 4. The van der Waals surface area contributed by atoms with Crippen LogP contribution in [0.4, 0.5) is 0 Å². The zero-order chi connectivity index (χ0) is 13.9. The van der Waals surface area contributed by atoms with Crippen LogP contribution in [0.15, 0.2) is 0 Å². The Morgan fingerprint density at radius 3 is 2.35 bits per heavy atom. The fraction of sp³-hybridized carbons (Fsp3) is 0.933. The number of piperidine rings is 1. The van der Waals surface area contributed by atoms with Crippen LogP contribution in [0.3, 0.4) is 0 Å². The lowest BCUT2D eigenvalue weighted by Crippen LogP contribution is -2.38. The minimum Gasteiger partial charge on any atom is -0.293 e. The van der Waals surface area contributed by atoms with Crippen LogP contribution < -0.4 is 0 Å². The molecule has 1 aliphatic heterocycles. The first-order chi connectivity index (χ1) is 9.77. The van der Waals surface area contributed by atoms with Gasteiger partial charge in [-0.2, -0.15) is 0 Å². The summed E-state index contributed by atoms with van der Waals surface area (Å²) >= 11 is 0. The van der Waals surface area contributed by atoms with Gasteiger partial charge in [0.25, 0.3) is 0 Å². The zero-order valence-electron chi connectivity index (χ0n) is 12.8. The van der Waals surface area contributed by atoms with Crippen molar-refractivity contribution in [2.75, 3.05) is 13.1 Å². The van der Waals surface area contributed by atoms with Crippen LogP contribution >= 0.6 is 0 Å². The van der Waals surface area contributed by atoms with Gasteiger partial charge in [0, 0.05) is 0 Å². The van der Waals surface area contributed by atoms with E-state index in [4.69, 9.17) is 0 Å². The Morgan fingerprint density at radius 1 is 1.00 bits per heavy atom. The van der Waals surface area contributed by atoms with E-state index in [2.05, 4.69) is 39.0 Å². The lowest BCUT2D eigenvalue weighted by Gasteiger charge is -2.36. The quantitative estimate of drug-likeness (QED) is 0.849. The van der Waals surface area contributed by atoms with Crippen molar-refractivity contribution in [1.29, 1.82) is 0 Å². The third kappa shape index (κ3) is 2.73. The lowest BCUT2D eigenvalue weighted by atomic mass is 9.98. The van der Waals surface area contributed by atoms with Gasteiger partial charge in [-0.15, -0.1) is 5.10 Å². The van der Waals surface area contributed by atoms with E-state index in [-0.39, 0.29) is 0 Å². The Hall–Kier alpha value is -0.970. The maximum atomic E-state index is 4.42. The van der Waals surface area contributed by atoms with E-state index in [9.17, 15) is 0 Å². The normalized spacial score (nSPS) is 23.6. The second-order valence-electron chi connectivity index (χ2n) is 6.71. The molecule has 112 valence electrons. The molecule has 3 rings (SSSR count). The van der Waals surface area contributed by atoms with E-state index in [1.165, 1.54) is 58.0 Å². The van der Waals surface area contributed by atoms with Crippen LogP contribution in [0.5, 0.6) is 0 Å². The van der Waals surface area contributed by atoms with Crippen molar-refractivity contribution in [3.63, 3.8) is 0 Å². The van der Waals surface area contributed by atoms with Gasteiger partial charge < -0.3 is 0 Å². The van der Waals surface area contributed by atoms with Gasteiger partial charge >= 0.3 is 0 Å². The summed E-state index contributed by atoms with van der Waals surface area (Å²) in [7, 11) is 0. The van der Waals surface area contributed by atoms with Gasteiger partial charge in [-0.3, -0.25) is 4.90 Å². The van der Waals surface area contributed by atoms with Crippen molar-refractivity contribution in [3.05, 3.63) is 5.82 Å². The maximum Gasteiger partial charge on any atom is 0.168 e. The first-order valence-electron chi connectivity index (χ1n) is 8.29. The standard InChI is InChI=1S/C15H27N5/c1-12(2)14(19-10-6-3-7-11-19)15-16-17-18-20(15)13-8-4-5-9-13/h12-14H,3-11H2,1-2H3/t14-/m1/s1. The largest absolute Gasteiger partial charge is 0.293 e. The summed E-state index contributed by atoms with van der Waals surface area (Å²) in [5, 5.41) is 12.7. The second kappa shape index (κ2) is 6.20. The highest BCUT2D eigenvalue weighted by Crippen LogP contribution is 2.34. The van der Waals surface area contributed by atoms with Gasteiger partial charge in [0.15, 0.2) is 5.82 Å². The second-order valence-corrected chi connectivity index (χ2v) is 6.71. The summed E-state index contributed by atoms with van der Waals surface area (Å²) in [6.07, 6.45) is 9.11. The first kappa shape index (κ1) is 14.0. The van der Waals surface area contributed by atoms with E-state index >= 15 is 0 Å². The molecular weight excluding hydrogens is 250 g/mol. The van der Waals surface area contributed by atoms with Crippen molar-refractivity contribution in [1.82, 2.24) is 25.1 Å². The molecule has 2 heterocycles. The fourth-order valence-corrected chi connectivity index (χ4v) is 3.88. The Labute approximate surface area is 121 Å². The highest BCUT2D eigenvalue weighted by Gasteiger charge is 2.32. The van der Waals surface area contributed by atoms with Gasteiger partial charge in [-0.1, -0.05) is 33.1 Å². The molecule has 0 aromatic carbocycles. The van der Waals surface area contributed by atoms with Gasteiger partial charge in [0.05, 0.1) is 12.1 Å². The summed E-state index contributed by atoms with van der Waals surface area (Å²) in [6, 6.07) is 0.914. The van der Waals surface area contributed by atoms with E-state index in [1.807, 2.05) is 0 Å². The summed E-state index contributed by atoms with van der Waals surface area (Å²) < 4.78 is 2.15. The Morgan fingerprint density at radius 2 is 1.70 bits per heavy atom. The molecule has 1 saturated carbocycles. The van der Waals surface area contributed by atoms with E-state index in [1.54, 1.807) is 0 Å². The van der Waals surface area contributed by atoms with Gasteiger partial charge in [-0.25, -0.2) is 4.68 Å². The molecule has 20 heavy (non-hydrogen) atoms. The average molecular weight is 277 g/mol. The molecule has 0 radical (unpaired) electrons. The Bertz CT molecular complexity index is 416. The number of aromatic nitrogens is 4. The molecule has 0 spiro atoms. The smallest absolute Gasteiger partial charge is 0.168 e. The van der Waals surface area contributed by atoms with Crippen LogP contribution in [0.25, 0.3) is 0 Å². The maximum absolute atomic E-state index is 4.42. The molecule has 0 unspecified atom stereocenters. The predicted molar refractivity (Wildman–Crippen MR) is 78.3 cm³/mol. The average Bonchev–Trinajstić information content (AvgIpc) is 3.09. The molecule has 0 bridgehead atoms. The van der Waals surface area contributed by atoms with Gasteiger partial charge in [-0.05, 0) is 55.1 Å². The van der Waals surface area contributed by atoms with Crippen molar-refractivity contribution >= 4 is 0 Å². The SMILES string of the molecule is CC(C)[C@H](c1nnnn1C1CCCC1)N1CCCCC1. The minimum atomic E-state index is 0.380. The van der Waals surface area contributed by atoms with Crippen LogP contribution in [-0.4, -0.2) is 38.2 Å². The summed E-state index contributed by atoms with van der Waals surface area (Å²) in [6.45, 7) is 6.99. The third-order valence-electron chi connectivity index (χ3n) is 4.87. The first-order valence-corrected chi connectivity index (χ1v) is 8.29. The molecule has 1 atom stereocenters. The molecule has 1 aromatic rings. The van der Waals surface area contributed by atoms with Crippen LogP contribution in [0, 0.1) is 5.92 Å². The fourth-order valence-electron chi connectivity index (χ4n) is 3.88. The van der Waals surface area contributed by atoms with Crippen LogP contribution in [-0.2, 0) is 0 Å². The predicted octanol–water partition coefficient (Wildman–Crippen LogP) is 2.97. The molecule has 2 aliphatic rings. The van der Waals surface area contributed by atoms with Crippen molar-refractivity contribution < 1.29 is 0 Å². The van der Waals surface area contributed by atoms with E-state index in [0.717, 1.165) is 5.82 Å². The molecule has 1 aromatic heterocycles. The number of likely N-dealkylation sites (tertiary alicyclic amines) is 1. The summed E-state index contributed by atoms with van der Waals surface area (Å²) in [5.74, 6) is 1.66. The Balaban J connectivity index is 1.85. The molecule has 0 N–H and O–H groups in total. The molecule has 2 fully saturated rings. The van der Waals surface area contributed by atoms with Crippen molar-refractivity contribution in [2.24, 2.45) is 5.92 Å². The van der Waals surface area contributed by atoms with Crippen molar-refractivity contribution in [3.8, 4) is 0 Å². The van der Waals surface area contributed by atoms with Gasteiger partial charge in [0.1, 0.15) is 0 Å². The van der Waals surface area contributed by atoms with Crippen LogP contribution in [0.1, 0.15) is 76.7 Å². The molecule has 1 aliphatic carbocycles. The number of hydrogen-bond donors (Lipinski definition) is 0. The Kier molecular flexibility index (Phi) is 4.34. The number of rotatable bonds is 4. The lowest BCUT2D eigenvalue weighted by molar-refractivity contribution is 0.116. The number of tetrazole rings is 1. The monoisotopic (exact) mass is 277 g/mol. The third-order valence-corrected chi connectivity index (χ3v) is 4.87. The topological polar surface area (TPSA) is 46.8 Å².